The van der Waals surface area contributed by atoms with Crippen LogP contribution in [0.4, 0.5) is 5.69 Å². The number of aryl methyl sites for hydroxylation is 2. The number of sulfonamides is 1. The second-order valence-electron chi connectivity index (χ2n) is 6.48. The summed E-state index contributed by atoms with van der Waals surface area (Å²) in [5, 5.41) is 2.72. The van der Waals surface area contributed by atoms with Crippen LogP contribution in [0.25, 0.3) is 0 Å². The lowest BCUT2D eigenvalue weighted by atomic mass is 10.1. The Labute approximate surface area is 170 Å². The third-order valence-electron chi connectivity index (χ3n) is 4.26. The van der Waals surface area contributed by atoms with E-state index in [1.807, 2.05) is 26.0 Å². The van der Waals surface area contributed by atoms with Gasteiger partial charge < -0.3 is 10.1 Å². The minimum Gasteiger partial charge on any atom is -0.449 e. The molecule has 156 valence electrons. The summed E-state index contributed by atoms with van der Waals surface area (Å²) in [6.45, 7) is 5.25. The maximum atomic E-state index is 12.4. The third kappa shape index (κ3) is 5.41. The van der Waals surface area contributed by atoms with Crippen molar-refractivity contribution in [2.45, 2.75) is 31.8 Å². The van der Waals surface area contributed by atoms with Gasteiger partial charge in [-0.1, -0.05) is 28.2 Å². The molecule has 0 aliphatic rings. The van der Waals surface area contributed by atoms with Gasteiger partial charge >= 0.3 is 5.97 Å². The molecule has 2 rings (SSSR count). The monoisotopic (exact) mass is 420 g/mol. The minimum absolute atomic E-state index is 0.00162. The molecule has 1 amide bonds. The zero-order valence-electron chi connectivity index (χ0n) is 16.9. The molecule has 29 heavy (non-hydrogen) atoms. The molecule has 8 nitrogen and oxygen atoms in total. The molecule has 0 saturated heterocycles. The summed E-state index contributed by atoms with van der Waals surface area (Å²) >= 11 is 0. The van der Waals surface area contributed by atoms with Crippen LogP contribution in [0.15, 0.2) is 47.4 Å². The van der Waals surface area contributed by atoms with E-state index in [4.69, 9.17) is 9.57 Å². The minimum atomic E-state index is -3.91. The molecule has 0 heterocycles. The average molecular weight is 420 g/mol. The van der Waals surface area contributed by atoms with Crippen LogP contribution in [0.1, 0.15) is 28.4 Å². The Hall–Kier alpha value is -2.75. The van der Waals surface area contributed by atoms with Gasteiger partial charge in [0.05, 0.1) is 17.6 Å². The molecule has 0 saturated carbocycles. The van der Waals surface area contributed by atoms with Gasteiger partial charge in [-0.25, -0.2) is 13.2 Å². The van der Waals surface area contributed by atoms with Crippen LogP contribution >= 0.6 is 0 Å². The number of hydrogen-bond donors (Lipinski definition) is 1. The highest BCUT2D eigenvalue weighted by molar-refractivity contribution is 7.89. The Balaban J connectivity index is 2.11. The predicted molar refractivity (Wildman–Crippen MR) is 108 cm³/mol. The molecule has 1 atom stereocenters. The molecule has 0 aliphatic carbocycles. The molecule has 0 aromatic heterocycles. The lowest BCUT2D eigenvalue weighted by molar-refractivity contribution is -0.123. The van der Waals surface area contributed by atoms with Gasteiger partial charge in [0.1, 0.15) is 0 Å². The lowest BCUT2D eigenvalue weighted by Gasteiger charge is -2.16. The summed E-state index contributed by atoms with van der Waals surface area (Å²) in [5.74, 6) is -1.31. The van der Waals surface area contributed by atoms with Crippen molar-refractivity contribution in [3.05, 3.63) is 59.2 Å². The highest BCUT2D eigenvalue weighted by atomic mass is 32.2. The summed E-state index contributed by atoms with van der Waals surface area (Å²) in [7, 11) is -1.46. The molecule has 0 bridgehead atoms. The fraction of sp³-hybridized carbons (Fsp3) is 0.300. The highest BCUT2D eigenvalue weighted by Crippen LogP contribution is 2.18. The van der Waals surface area contributed by atoms with E-state index in [1.54, 1.807) is 6.07 Å². The predicted octanol–water partition coefficient (Wildman–Crippen LogP) is 2.67. The van der Waals surface area contributed by atoms with Crippen molar-refractivity contribution in [3.8, 4) is 0 Å². The number of benzene rings is 2. The second kappa shape index (κ2) is 9.17. The van der Waals surface area contributed by atoms with Crippen LogP contribution in [0.5, 0.6) is 0 Å². The van der Waals surface area contributed by atoms with Gasteiger partial charge in [-0.05, 0) is 50.6 Å². The van der Waals surface area contributed by atoms with Gasteiger partial charge in [0.2, 0.25) is 0 Å². The Morgan fingerprint density at radius 1 is 1.10 bits per heavy atom. The van der Waals surface area contributed by atoms with Crippen molar-refractivity contribution in [1.82, 2.24) is 4.47 Å². The van der Waals surface area contributed by atoms with E-state index in [2.05, 4.69) is 5.32 Å². The van der Waals surface area contributed by atoms with E-state index in [9.17, 15) is 18.0 Å². The Kier molecular flexibility index (Phi) is 7.12. The number of esters is 1. The number of nitrogens with zero attached hydrogens (tertiary/aromatic N) is 1. The number of hydroxylamine groups is 1. The van der Waals surface area contributed by atoms with Gasteiger partial charge in [-0.3, -0.25) is 9.63 Å². The number of rotatable bonds is 7. The smallest absolute Gasteiger partial charge is 0.338 e. The van der Waals surface area contributed by atoms with Crippen molar-refractivity contribution >= 4 is 27.6 Å². The number of ether oxygens (including phenoxy) is 1. The molecule has 2 aromatic carbocycles. The quantitative estimate of drug-likeness (QED) is 0.546. The normalized spacial score (nSPS) is 12.5. The summed E-state index contributed by atoms with van der Waals surface area (Å²) in [5.41, 5.74) is 2.58. The van der Waals surface area contributed by atoms with E-state index < -0.39 is 28.0 Å². The molecule has 0 spiro atoms. The maximum Gasteiger partial charge on any atom is 0.338 e. The molecule has 1 N–H and O–H groups in total. The molecular weight excluding hydrogens is 396 g/mol. The topological polar surface area (TPSA) is 102 Å². The Bertz CT molecular complexity index is 1020. The van der Waals surface area contributed by atoms with Gasteiger partial charge in [0, 0.05) is 12.7 Å². The largest absolute Gasteiger partial charge is 0.449 e. The number of carbonyl (C=O) groups excluding carboxylic acids is 2. The SMILES string of the molecule is CON(C)S(=O)(=O)c1cccc(C(=O)O[C@@H](C)C(=O)Nc2ccc(C)cc2C)c1. The molecule has 0 unspecified atom stereocenters. The Morgan fingerprint density at radius 3 is 2.41 bits per heavy atom. The maximum absolute atomic E-state index is 12.4. The van der Waals surface area contributed by atoms with Crippen LogP contribution in [0.3, 0.4) is 0 Å². The lowest BCUT2D eigenvalue weighted by Crippen LogP contribution is -2.30. The summed E-state index contributed by atoms with van der Waals surface area (Å²) in [6.07, 6.45) is -1.08. The number of nitrogens with one attached hydrogen (secondary N) is 1. The van der Waals surface area contributed by atoms with Crippen LogP contribution < -0.4 is 5.32 Å². The molecule has 2 aromatic rings. The van der Waals surface area contributed by atoms with E-state index in [-0.39, 0.29) is 10.5 Å². The molecule has 0 radical (unpaired) electrons. The van der Waals surface area contributed by atoms with Crippen molar-refractivity contribution in [3.63, 3.8) is 0 Å². The number of anilines is 1. The first kappa shape index (κ1) is 22.5. The number of amides is 1. The summed E-state index contributed by atoms with van der Waals surface area (Å²) < 4.78 is 30.5. The van der Waals surface area contributed by atoms with E-state index >= 15 is 0 Å². The van der Waals surface area contributed by atoms with Crippen molar-refractivity contribution in [1.29, 1.82) is 0 Å². The van der Waals surface area contributed by atoms with E-state index in [0.717, 1.165) is 11.1 Å². The van der Waals surface area contributed by atoms with Gasteiger partial charge in [-0.2, -0.15) is 0 Å². The van der Waals surface area contributed by atoms with Crippen LogP contribution in [0.2, 0.25) is 0 Å². The fourth-order valence-corrected chi connectivity index (χ4v) is 3.52. The number of carbonyl (C=O) groups is 2. The number of hydrogen-bond acceptors (Lipinski definition) is 6. The molecule has 0 aliphatic heterocycles. The summed E-state index contributed by atoms with van der Waals surface area (Å²) in [6, 6.07) is 10.9. The first-order chi connectivity index (χ1) is 13.6. The van der Waals surface area contributed by atoms with Crippen molar-refractivity contribution in [2.75, 3.05) is 19.5 Å². The molecular formula is C20H24N2O6S. The van der Waals surface area contributed by atoms with E-state index in [0.29, 0.717) is 10.2 Å². The zero-order chi connectivity index (χ0) is 21.8. The highest BCUT2D eigenvalue weighted by Gasteiger charge is 2.24. The van der Waals surface area contributed by atoms with Gasteiger partial charge in [0.25, 0.3) is 15.9 Å². The van der Waals surface area contributed by atoms with Crippen LogP contribution in [-0.4, -0.2) is 45.0 Å². The first-order valence-corrected chi connectivity index (χ1v) is 10.2. The van der Waals surface area contributed by atoms with Gasteiger partial charge in [-0.15, -0.1) is 0 Å². The molecule has 9 heteroatoms. The first-order valence-electron chi connectivity index (χ1n) is 8.78. The standard InChI is InChI=1S/C20H24N2O6S/c1-13-9-10-18(14(2)11-13)21-19(23)15(3)28-20(24)16-7-6-8-17(12-16)29(25,26)22(4)27-5/h6-12,15H,1-5H3,(H,21,23)/t15-/m0/s1. The Morgan fingerprint density at radius 2 is 1.79 bits per heavy atom. The van der Waals surface area contributed by atoms with E-state index in [1.165, 1.54) is 45.3 Å². The van der Waals surface area contributed by atoms with Gasteiger partial charge in [0.15, 0.2) is 6.10 Å². The van der Waals surface area contributed by atoms with Crippen LogP contribution in [-0.2, 0) is 24.4 Å². The average Bonchev–Trinajstić information content (AvgIpc) is 2.69. The van der Waals surface area contributed by atoms with Crippen molar-refractivity contribution < 1.29 is 27.6 Å². The molecule has 0 fully saturated rings. The van der Waals surface area contributed by atoms with Crippen LogP contribution in [0, 0.1) is 13.8 Å². The fourth-order valence-electron chi connectivity index (χ4n) is 2.50. The second-order valence-corrected chi connectivity index (χ2v) is 8.42. The third-order valence-corrected chi connectivity index (χ3v) is 5.93. The zero-order valence-corrected chi connectivity index (χ0v) is 17.7. The summed E-state index contributed by atoms with van der Waals surface area (Å²) in [4.78, 5) is 29.3. The van der Waals surface area contributed by atoms with Crippen molar-refractivity contribution in [2.24, 2.45) is 0 Å².